The molecule has 0 unspecified atom stereocenters. The van der Waals surface area contributed by atoms with Gasteiger partial charge in [-0.15, -0.1) is 0 Å². The first kappa shape index (κ1) is 12.9. The van der Waals surface area contributed by atoms with Crippen LogP contribution in [0.1, 0.15) is 19.7 Å². The van der Waals surface area contributed by atoms with Crippen LogP contribution < -0.4 is 5.73 Å². The molecule has 0 fully saturated rings. The van der Waals surface area contributed by atoms with Gasteiger partial charge in [0.2, 0.25) is 0 Å². The minimum absolute atomic E-state index is 0.531. The van der Waals surface area contributed by atoms with E-state index in [2.05, 4.69) is 23.8 Å². The second-order valence-corrected chi connectivity index (χ2v) is 5.88. The molecule has 0 saturated carbocycles. The van der Waals surface area contributed by atoms with Crippen LogP contribution >= 0.6 is 11.8 Å². The fourth-order valence-corrected chi connectivity index (χ4v) is 2.19. The molecule has 2 aromatic rings. The lowest BCUT2D eigenvalue weighted by atomic mass is 10.1. The molecule has 0 aliphatic carbocycles. The Kier molecular flexibility index (Phi) is 4.20. The van der Waals surface area contributed by atoms with Crippen molar-refractivity contribution in [2.45, 2.75) is 24.9 Å². The van der Waals surface area contributed by atoms with Crippen molar-refractivity contribution < 1.29 is 0 Å². The fraction of sp³-hybridized carbons (Fsp3) is 0.286. The van der Waals surface area contributed by atoms with E-state index in [0.717, 1.165) is 22.8 Å². The molecule has 0 radical (unpaired) electrons. The minimum atomic E-state index is 0.531. The van der Waals surface area contributed by atoms with Gasteiger partial charge in [0.05, 0.1) is 11.4 Å². The van der Waals surface area contributed by atoms with Gasteiger partial charge in [-0.25, -0.2) is 9.97 Å². The molecular formula is C14H17N3S. The number of rotatable bonds is 4. The number of anilines is 1. The van der Waals surface area contributed by atoms with Gasteiger partial charge < -0.3 is 5.73 Å². The lowest BCUT2D eigenvalue weighted by Crippen LogP contribution is -2.01. The van der Waals surface area contributed by atoms with E-state index in [4.69, 9.17) is 5.73 Å². The Morgan fingerprint density at radius 3 is 2.56 bits per heavy atom. The largest absolute Gasteiger partial charge is 0.384 e. The minimum Gasteiger partial charge on any atom is -0.384 e. The average Bonchev–Trinajstić information content (AvgIpc) is 2.37. The maximum atomic E-state index is 5.84. The SMILES string of the molecule is CC(C)SCc1nc(N)cc(-c2ccccc2)n1. The van der Waals surface area contributed by atoms with Crippen LogP contribution in [0.2, 0.25) is 0 Å². The molecule has 0 saturated heterocycles. The third-order valence-corrected chi connectivity index (χ3v) is 3.50. The third-order valence-electron chi connectivity index (χ3n) is 2.41. The second kappa shape index (κ2) is 5.87. The molecule has 0 aliphatic rings. The van der Waals surface area contributed by atoms with Crippen LogP contribution in [0.25, 0.3) is 11.3 Å². The zero-order chi connectivity index (χ0) is 13.0. The smallest absolute Gasteiger partial charge is 0.141 e. The van der Waals surface area contributed by atoms with E-state index in [1.165, 1.54) is 0 Å². The number of thioether (sulfide) groups is 1. The van der Waals surface area contributed by atoms with Crippen LogP contribution in [0.5, 0.6) is 0 Å². The van der Waals surface area contributed by atoms with Gasteiger partial charge in [0, 0.05) is 11.6 Å². The number of hydrogen-bond donors (Lipinski definition) is 1. The summed E-state index contributed by atoms with van der Waals surface area (Å²) in [6.45, 7) is 4.32. The van der Waals surface area contributed by atoms with Crippen LogP contribution in [0, 0.1) is 0 Å². The van der Waals surface area contributed by atoms with Gasteiger partial charge in [-0.1, -0.05) is 44.2 Å². The first-order valence-electron chi connectivity index (χ1n) is 5.95. The number of aromatic nitrogens is 2. The summed E-state index contributed by atoms with van der Waals surface area (Å²) in [5.41, 5.74) is 7.81. The van der Waals surface area contributed by atoms with E-state index in [0.29, 0.717) is 11.1 Å². The predicted octanol–water partition coefficient (Wildman–Crippen LogP) is 3.37. The molecule has 18 heavy (non-hydrogen) atoms. The molecule has 2 rings (SSSR count). The Bertz CT molecular complexity index is 512. The van der Waals surface area contributed by atoms with E-state index in [9.17, 15) is 0 Å². The van der Waals surface area contributed by atoms with Crippen molar-refractivity contribution in [3.05, 3.63) is 42.2 Å². The zero-order valence-corrected chi connectivity index (χ0v) is 11.4. The Morgan fingerprint density at radius 1 is 1.17 bits per heavy atom. The molecule has 1 aromatic carbocycles. The topological polar surface area (TPSA) is 51.8 Å². The number of nitrogen functional groups attached to an aromatic ring is 1. The second-order valence-electron chi connectivity index (χ2n) is 4.32. The maximum absolute atomic E-state index is 5.84. The van der Waals surface area contributed by atoms with Crippen molar-refractivity contribution in [3.8, 4) is 11.3 Å². The lowest BCUT2D eigenvalue weighted by Gasteiger charge is -2.07. The average molecular weight is 259 g/mol. The van der Waals surface area contributed by atoms with Crippen molar-refractivity contribution in [2.24, 2.45) is 0 Å². The zero-order valence-electron chi connectivity index (χ0n) is 10.6. The first-order chi connectivity index (χ1) is 8.65. The molecule has 94 valence electrons. The number of nitrogens with two attached hydrogens (primary N) is 1. The number of nitrogens with zero attached hydrogens (tertiary/aromatic N) is 2. The van der Waals surface area contributed by atoms with Crippen molar-refractivity contribution >= 4 is 17.6 Å². The Hall–Kier alpha value is -1.55. The maximum Gasteiger partial charge on any atom is 0.141 e. The van der Waals surface area contributed by atoms with Crippen molar-refractivity contribution in [1.82, 2.24) is 9.97 Å². The third kappa shape index (κ3) is 3.47. The van der Waals surface area contributed by atoms with E-state index in [1.807, 2.05) is 48.2 Å². The lowest BCUT2D eigenvalue weighted by molar-refractivity contribution is 1.03. The van der Waals surface area contributed by atoms with Crippen molar-refractivity contribution in [3.63, 3.8) is 0 Å². The van der Waals surface area contributed by atoms with Crippen LogP contribution in [0.15, 0.2) is 36.4 Å². The van der Waals surface area contributed by atoms with Gasteiger partial charge in [0.15, 0.2) is 0 Å². The molecule has 0 spiro atoms. The Balaban J connectivity index is 2.27. The summed E-state index contributed by atoms with van der Waals surface area (Å²) in [6, 6.07) is 11.9. The Labute approximate surface area is 112 Å². The van der Waals surface area contributed by atoms with Crippen molar-refractivity contribution in [1.29, 1.82) is 0 Å². The molecule has 0 bridgehead atoms. The quantitative estimate of drug-likeness (QED) is 0.914. The van der Waals surface area contributed by atoms with E-state index >= 15 is 0 Å². The van der Waals surface area contributed by atoms with Crippen LogP contribution in [-0.4, -0.2) is 15.2 Å². The predicted molar refractivity (Wildman–Crippen MR) is 78.3 cm³/mol. The summed E-state index contributed by atoms with van der Waals surface area (Å²) in [6.07, 6.45) is 0. The van der Waals surface area contributed by atoms with Gasteiger partial charge in [0.1, 0.15) is 11.6 Å². The first-order valence-corrected chi connectivity index (χ1v) is 7.00. The van der Waals surface area contributed by atoms with Gasteiger partial charge in [-0.05, 0) is 5.25 Å². The fourth-order valence-electron chi connectivity index (χ4n) is 1.58. The molecule has 0 aliphatic heterocycles. The highest BCUT2D eigenvalue weighted by molar-refractivity contribution is 7.99. The summed E-state index contributed by atoms with van der Waals surface area (Å²) in [4.78, 5) is 8.84. The standard InChI is InChI=1S/C14H17N3S/c1-10(2)18-9-14-16-12(8-13(15)17-14)11-6-4-3-5-7-11/h3-8,10H,9H2,1-2H3,(H2,15,16,17). The molecule has 0 amide bonds. The van der Waals surface area contributed by atoms with E-state index < -0.39 is 0 Å². The highest BCUT2D eigenvalue weighted by Crippen LogP contribution is 2.21. The molecule has 1 heterocycles. The normalized spacial score (nSPS) is 10.8. The summed E-state index contributed by atoms with van der Waals surface area (Å²) in [5.74, 6) is 2.12. The summed E-state index contributed by atoms with van der Waals surface area (Å²) in [5, 5.41) is 0.565. The van der Waals surface area contributed by atoms with Gasteiger partial charge in [0.25, 0.3) is 0 Å². The Morgan fingerprint density at radius 2 is 1.89 bits per heavy atom. The van der Waals surface area contributed by atoms with Crippen LogP contribution in [-0.2, 0) is 5.75 Å². The highest BCUT2D eigenvalue weighted by atomic mass is 32.2. The molecule has 3 nitrogen and oxygen atoms in total. The van der Waals surface area contributed by atoms with Gasteiger partial charge in [-0.2, -0.15) is 11.8 Å². The van der Waals surface area contributed by atoms with Crippen LogP contribution in [0.4, 0.5) is 5.82 Å². The summed E-state index contributed by atoms with van der Waals surface area (Å²) in [7, 11) is 0. The van der Waals surface area contributed by atoms with Gasteiger partial charge >= 0.3 is 0 Å². The molecule has 2 N–H and O–H groups in total. The van der Waals surface area contributed by atoms with E-state index in [-0.39, 0.29) is 0 Å². The molecule has 0 atom stereocenters. The summed E-state index contributed by atoms with van der Waals surface area (Å²) >= 11 is 1.82. The molecule has 4 heteroatoms. The van der Waals surface area contributed by atoms with Crippen molar-refractivity contribution in [2.75, 3.05) is 5.73 Å². The highest BCUT2D eigenvalue weighted by Gasteiger charge is 2.06. The summed E-state index contributed by atoms with van der Waals surface area (Å²) < 4.78 is 0. The molecule has 1 aromatic heterocycles. The number of benzene rings is 1. The molecular weight excluding hydrogens is 242 g/mol. The van der Waals surface area contributed by atoms with E-state index in [1.54, 1.807) is 0 Å². The number of hydrogen-bond acceptors (Lipinski definition) is 4. The van der Waals surface area contributed by atoms with Gasteiger partial charge in [-0.3, -0.25) is 0 Å². The monoisotopic (exact) mass is 259 g/mol. The van der Waals surface area contributed by atoms with Crippen LogP contribution in [0.3, 0.4) is 0 Å².